The lowest BCUT2D eigenvalue weighted by atomic mass is 9.52. The van der Waals surface area contributed by atoms with Gasteiger partial charge in [-0.25, -0.2) is 0 Å². The molecule has 0 aromatic heterocycles. The van der Waals surface area contributed by atoms with Crippen molar-refractivity contribution in [3.8, 4) is 0 Å². The Hall–Kier alpha value is -1.14. The van der Waals surface area contributed by atoms with Gasteiger partial charge < -0.3 is 19.7 Å². The van der Waals surface area contributed by atoms with Crippen LogP contribution in [0.5, 0.6) is 0 Å². The third-order valence-corrected chi connectivity index (χ3v) is 14.1. The van der Waals surface area contributed by atoms with Crippen molar-refractivity contribution in [3.05, 3.63) is 0 Å². The first-order valence-corrected chi connectivity index (χ1v) is 17.5. The molecule has 8 fully saturated rings. The van der Waals surface area contributed by atoms with Gasteiger partial charge in [-0.2, -0.15) is 0 Å². The summed E-state index contributed by atoms with van der Waals surface area (Å²) in [5.41, 5.74) is -2.36. The summed E-state index contributed by atoms with van der Waals surface area (Å²) in [6.07, 6.45) is 14.6. The van der Waals surface area contributed by atoms with Crippen LogP contribution in [0.25, 0.3) is 0 Å². The van der Waals surface area contributed by atoms with Crippen LogP contribution in [0.3, 0.4) is 0 Å². The molecule has 0 heterocycles. The summed E-state index contributed by atoms with van der Waals surface area (Å²) in [4.78, 5) is 25.2. The molecule has 0 spiro atoms. The Morgan fingerprint density at radius 1 is 0.786 bits per heavy atom. The lowest BCUT2D eigenvalue weighted by Crippen LogP contribution is -2.61. The molecule has 0 amide bonds. The molecule has 0 radical (unpaired) electrons. The number of aliphatic hydroxyl groups excluding tert-OH is 1. The second-order valence-electron chi connectivity index (χ2n) is 17.2. The fourth-order valence-electron chi connectivity index (χ4n) is 11.7. The summed E-state index contributed by atoms with van der Waals surface area (Å²) in [6.45, 7) is 11.9. The van der Waals surface area contributed by atoms with E-state index in [-0.39, 0.29) is 29.6 Å². The summed E-state index contributed by atoms with van der Waals surface area (Å²) in [5, 5.41) is 20.1. The zero-order valence-electron chi connectivity index (χ0n) is 27.3. The van der Waals surface area contributed by atoms with Gasteiger partial charge in [0, 0.05) is 12.3 Å². The first-order valence-electron chi connectivity index (χ1n) is 17.5. The first kappa shape index (κ1) is 30.9. The quantitative estimate of drug-likeness (QED) is 0.239. The van der Waals surface area contributed by atoms with Crippen molar-refractivity contribution in [2.45, 2.75) is 148 Å². The Bertz CT molecular complexity index is 1050. The molecular weight excluding hydrogens is 528 g/mol. The highest BCUT2D eigenvalue weighted by Gasteiger charge is 2.68. The lowest BCUT2D eigenvalue weighted by Gasteiger charge is -2.59. The van der Waals surface area contributed by atoms with Crippen molar-refractivity contribution in [1.82, 2.24) is 0 Å². The van der Waals surface area contributed by atoms with E-state index < -0.39 is 16.6 Å². The van der Waals surface area contributed by atoms with Gasteiger partial charge in [0.1, 0.15) is 11.2 Å². The largest absolute Gasteiger partial charge is 0.458 e. The molecule has 0 aliphatic heterocycles. The van der Waals surface area contributed by atoms with E-state index in [2.05, 4.69) is 13.8 Å². The van der Waals surface area contributed by atoms with Gasteiger partial charge in [0.2, 0.25) is 0 Å². The monoisotopic (exact) mass is 586 g/mol. The topological polar surface area (TPSA) is 93.1 Å². The molecule has 0 aromatic carbocycles. The van der Waals surface area contributed by atoms with Gasteiger partial charge in [0.25, 0.3) is 0 Å². The standard InChI is InChI=1S/C20H32O2.C16H26O4/c1-5-19(3,4)18(21)22-20(6-2)11-14-10-15(20)17-13-8-7-12(9-13)16(14)17;1-3-14(2,10-17)13(18)20-16-7-11-4-12(8-16)6-15(19,5-11)9-16/h12-17H,5-11H2,1-4H3;11-12,17,19H,3-10H2,1-2H3. The van der Waals surface area contributed by atoms with Gasteiger partial charge in [-0.05, 0) is 146 Å². The van der Waals surface area contributed by atoms with E-state index in [0.717, 1.165) is 74.5 Å². The normalized spacial score (nSPS) is 47.0. The van der Waals surface area contributed by atoms with Crippen LogP contribution in [-0.4, -0.2) is 45.6 Å². The van der Waals surface area contributed by atoms with E-state index in [4.69, 9.17) is 9.47 Å². The van der Waals surface area contributed by atoms with Crippen LogP contribution in [0.2, 0.25) is 0 Å². The molecule has 8 aliphatic carbocycles. The third-order valence-electron chi connectivity index (χ3n) is 14.1. The molecule has 238 valence electrons. The Morgan fingerprint density at radius 2 is 1.43 bits per heavy atom. The molecule has 8 rings (SSSR count). The van der Waals surface area contributed by atoms with Crippen molar-refractivity contribution >= 4 is 11.9 Å². The average molecular weight is 587 g/mol. The van der Waals surface area contributed by atoms with Crippen LogP contribution in [0, 0.1) is 58.2 Å². The molecule has 0 aromatic rings. The highest BCUT2D eigenvalue weighted by molar-refractivity contribution is 5.77. The second-order valence-corrected chi connectivity index (χ2v) is 17.2. The molecule has 10 unspecified atom stereocenters. The Kier molecular flexibility index (Phi) is 7.69. The number of aliphatic hydroxyl groups is 2. The SMILES string of the molecule is CCC(C)(C)C(=O)OC1(CC)CC2CC1C1C3CCC(C3)C21.CCC(C)(CO)C(=O)OC12CC3CC(CC(O)(C3)C1)C2. The highest BCUT2D eigenvalue weighted by atomic mass is 16.6. The van der Waals surface area contributed by atoms with Crippen molar-refractivity contribution in [3.63, 3.8) is 0 Å². The predicted octanol–water partition coefficient (Wildman–Crippen LogP) is 6.84. The van der Waals surface area contributed by atoms with E-state index in [1.165, 1.54) is 32.1 Å². The fourth-order valence-corrected chi connectivity index (χ4v) is 11.7. The second kappa shape index (κ2) is 10.5. The number of rotatable bonds is 8. The van der Waals surface area contributed by atoms with Crippen LogP contribution >= 0.6 is 0 Å². The molecule has 8 saturated carbocycles. The van der Waals surface area contributed by atoms with Gasteiger partial charge in [-0.3, -0.25) is 9.59 Å². The van der Waals surface area contributed by atoms with Crippen molar-refractivity contribution in [1.29, 1.82) is 0 Å². The molecule has 2 N–H and O–H groups in total. The van der Waals surface area contributed by atoms with Crippen LogP contribution in [0.4, 0.5) is 0 Å². The minimum absolute atomic E-state index is 0.0455. The van der Waals surface area contributed by atoms with Crippen molar-refractivity contribution < 1.29 is 29.3 Å². The maximum absolute atomic E-state index is 12.7. The van der Waals surface area contributed by atoms with Crippen LogP contribution in [0.15, 0.2) is 0 Å². The summed E-state index contributed by atoms with van der Waals surface area (Å²) < 4.78 is 12.2. The predicted molar refractivity (Wildman–Crippen MR) is 161 cm³/mol. The minimum Gasteiger partial charge on any atom is -0.458 e. The van der Waals surface area contributed by atoms with Gasteiger partial charge in [0.05, 0.1) is 23.0 Å². The molecule has 6 heteroatoms. The molecular formula is C36H58O6. The van der Waals surface area contributed by atoms with E-state index in [0.29, 0.717) is 30.6 Å². The molecule has 42 heavy (non-hydrogen) atoms. The summed E-state index contributed by atoms with van der Waals surface area (Å²) >= 11 is 0. The van der Waals surface area contributed by atoms with Gasteiger partial charge >= 0.3 is 11.9 Å². The van der Waals surface area contributed by atoms with E-state index >= 15 is 0 Å². The molecule has 10 atom stereocenters. The third kappa shape index (κ3) is 4.88. The van der Waals surface area contributed by atoms with E-state index in [9.17, 15) is 19.8 Å². The Labute approximate surface area is 254 Å². The summed E-state index contributed by atoms with van der Waals surface area (Å²) in [5.74, 6) is 6.10. The fraction of sp³-hybridized carbons (Fsp3) is 0.944. The van der Waals surface area contributed by atoms with Crippen LogP contribution in [0.1, 0.15) is 131 Å². The number of hydrogen-bond acceptors (Lipinski definition) is 6. The van der Waals surface area contributed by atoms with Crippen molar-refractivity contribution in [2.24, 2.45) is 58.2 Å². The molecule has 6 nitrogen and oxygen atoms in total. The maximum atomic E-state index is 12.7. The lowest BCUT2D eigenvalue weighted by molar-refractivity contribution is -0.227. The van der Waals surface area contributed by atoms with Gasteiger partial charge in [0.15, 0.2) is 0 Å². The first-order chi connectivity index (χ1) is 19.7. The van der Waals surface area contributed by atoms with Crippen molar-refractivity contribution in [2.75, 3.05) is 6.61 Å². The zero-order chi connectivity index (χ0) is 30.3. The summed E-state index contributed by atoms with van der Waals surface area (Å²) in [7, 11) is 0. The highest BCUT2D eigenvalue weighted by Crippen LogP contribution is 2.71. The molecule has 0 saturated heterocycles. The van der Waals surface area contributed by atoms with Gasteiger partial charge in [-0.15, -0.1) is 0 Å². The van der Waals surface area contributed by atoms with Gasteiger partial charge in [-0.1, -0.05) is 20.8 Å². The number of carbonyl (C=O) groups is 2. The van der Waals surface area contributed by atoms with E-state index in [1.807, 2.05) is 20.8 Å². The number of ether oxygens (including phenoxy) is 2. The Morgan fingerprint density at radius 3 is 1.98 bits per heavy atom. The number of esters is 2. The van der Waals surface area contributed by atoms with E-state index in [1.54, 1.807) is 6.92 Å². The smallest absolute Gasteiger partial charge is 0.314 e. The number of hydrogen-bond donors (Lipinski definition) is 2. The zero-order valence-corrected chi connectivity index (χ0v) is 27.3. The molecule has 8 aliphatic rings. The maximum Gasteiger partial charge on any atom is 0.314 e. The van der Waals surface area contributed by atoms with Crippen LogP contribution in [-0.2, 0) is 19.1 Å². The summed E-state index contributed by atoms with van der Waals surface area (Å²) in [6, 6.07) is 0. The minimum atomic E-state index is -0.814. The molecule has 8 bridgehead atoms. The number of carbonyl (C=O) groups excluding carboxylic acids is 2. The Balaban J connectivity index is 0.000000151. The van der Waals surface area contributed by atoms with Crippen LogP contribution < -0.4 is 0 Å². The average Bonchev–Trinajstić information content (AvgIpc) is 3.71. The number of fused-ring (bicyclic) bond motifs is 9.